The van der Waals surface area contributed by atoms with E-state index in [2.05, 4.69) is 19.2 Å². The van der Waals surface area contributed by atoms with Gasteiger partial charge in [-0.15, -0.1) is 0 Å². The third-order valence-corrected chi connectivity index (χ3v) is 5.25. The first kappa shape index (κ1) is 23.4. The summed E-state index contributed by atoms with van der Waals surface area (Å²) < 4.78 is 5.34. The number of imide groups is 1. The van der Waals surface area contributed by atoms with Gasteiger partial charge in [-0.2, -0.15) is 0 Å². The van der Waals surface area contributed by atoms with Crippen LogP contribution in [0.2, 0.25) is 0 Å². The van der Waals surface area contributed by atoms with Crippen LogP contribution >= 0.6 is 0 Å². The predicted molar refractivity (Wildman–Crippen MR) is 117 cm³/mol. The molecule has 1 aromatic rings. The lowest BCUT2D eigenvalue weighted by Gasteiger charge is -2.15. The van der Waals surface area contributed by atoms with Crippen LogP contribution in [0.3, 0.4) is 0 Å². The van der Waals surface area contributed by atoms with E-state index in [0.717, 1.165) is 41.7 Å². The normalized spacial score (nSPS) is 16.7. The zero-order valence-corrected chi connectivity index (χ0v) is 18.1. The molecule has 0 bridgehead atoms. The average Bonchev–Trinajstić information content (AvgIpc) is 3.03. The van der Waals surface area contributed by atoms with Crippen molar-refractivity contribution in [3.05, 3.63) is 53.7 Å². The van der Waals surface area contributed by atoms with Gasteiger partial charge >= 0.3 is 12.0 Å². The van der Waals surface area contributed by atoms with E-state index in [9.17, 15) is 14.4 Å². The Hall–Kier alpha value is -2.89. The number of urea groups is 1. The van der Waals surface area contributed by atoms with E-state index in [1.165, 1.54) is 0 Å². The highest BCUT2D eigenvalue weighted by Gasteiger charge is 2.33. The van der Waals surface area contributed by atoms with Gasteiger partial charge in [0.1, 0.15) is 5.70 Å². The fourth-order valence-electron chi connectivity index (χ4n) is 3.18. The summed E-state index contributed by atoms with van der Waals surface area (Å²) in [6.07, 6.45) is 7.62. The number of esters is 1. The third-order valence-electron chi connectivity index (χ3n) is 5.25. The van der Waals surface area contributed by atoms with Crippen LogP contribution < -0.4 is 5.32 Å². The third kappa shape index (κ3) is 6.87. The molecule has 0 aliphatic carbocycles. The quantitative estimate of drug-likeness (QED) is 0.325. The Morgan fingerprint density at radius 1 is 1.20 bits per heavy atom. The number of unbranched alkanes of at least 4 members (excludes halogenated alkanes) is 1. The molecule has 1 heterocycles. The molecule has 0 spiro atoms. The Balaban J connectivity index is 1.87. The highest BCUT2D eigenvalue weighted by molar-refractivity contribution is 6.12. The largest absolute Gasteiger partial charge is 0.465 e. The van der Waals surface area contributed by atoms with Crippen molar-refractivity contribution in [3.63, 3.8) is 0 Å². The van der Waals surface area contributed by atoms with Gasteiger partial charge in [-0.1, -0.05) is 69.5 Å². The summed E-state index contributed by atoms with van der Waals surface area (Å²) in [5.41, 5.74) is 2.21. The molecule has 1 aliphatic rings. The fraction of sp³-hybridized carbons (Fsp3) is 0.458. The second-order valence-electron chi connectivity index (χ2n) is 7.53. The Labute approximate surface area is 179 Å². The van der Waals surface area contributed by atoms with E-state index in [0.29, 0.717) is 12.5 Å². The van der Waals surface area contributed by atoms with E-state index in [1.54, 1.807) is 12.2 Å². The first-order valence-corrected chi connectivity index (χ1v) is 10.7. The first-order chi connectivity index (χ1) is 14.5. The van der Waals surface area contributed by atoms with Crippen LogP contribution in [0, 0.1) is 5.92 Å². The number of hydrogen-bond acceptors (Lipinski definition) is 4. The van der Waals surface area contributed by atoms with Crippen molar-refractivity contribution >= 4 is 23.5 Å². The van der Waals surface area contributed by atoms with Gasteiger partial charge in [-0.3, -0.25) is 14.5 Å². The number of carbonyl (C=O) groups excluding carboxylic acids is 3. The van der Waals surface area contributed by atoms with Crippen LogP contribution in [-0.2, 0) is 14.3 Å². The van der Waals surface area contributed by atoms with Gasteiger partial charge in [-0.25, -0.2) is 4.79 Å². The van der Waals surface area contributed by atoms with Crippen LogP contribution in [0.1, 0.15) is 58.4 Å². The molecule has 1 fully saturated rings. The van der Waals surface area contributed by atoms with Crippen LogP contribution in [0.4, 0.5) is 4.79 Å². The number of nitrogens with zero attached hydrogens (tertiary/aromatic N) is 1. The molecule has 1 saturated heterocycles. The van der Waals surface area contributed by atoms with Crippen LogP contribution in [0.5, 0.6) is 0 Å². The van der Waals surface area contributed by atoms with Crippen molar-refractivity contribution in [3.8, 4) is 0 Å². The second kappa shape index (κ2) is 12.0. The molecule has 1 aliphatic heterocycles. The average molecular weight is 413 g/mol. The minimum Gasteiger partial charge on any atom is -0.465 e. The maximum atomic E-state index is 12.5. The molecule has 162 valence electrons. The summed E-state index contributed by atoms with van der Waals surface area (Å²) in [6.45, 7) is 6.56. The monoisotopic (exact) mass is 412 g/mol. The Morgan fingerprint density at radius 3 is 2.60 bits per heavy atom. The Kier molecular flexibility index (Phi) is 9.32. The van der Waals surface area contributed by atoms with Gasteiger partial charge in [0, 0.05) is 6.54 Å². The zero-order chi connectivity index (χ0) is 21.9. The lowest BCUT2D eigenvalue weighted by atomic mass is 10.0. The molecule has 3 amide bonds. The van der Waals surface area contributed by atoms with Crippen LogP contribution in [0.15, 0.2) is 48.2 Å². The maximum Gasteiger partial charge on any atom is 0.329 e. The number of hydrogen-bond donors (Lipinski definition) is 1. The van der Waals surface area contributed by atoms with Crippen molar-refractivity contribution in [2.75, 3.05) is 13.2 Å². The molecule has 1 N–H and O–H groups in total. The maximum absolute atomic E-state index is 12.5. The summed E-state index contributed by atoms with van der Waals surface area (Å²) in [4.78, 5) is 37.7. The standard InChI is InChI=1S/C24H32N2O4/c1-4-6-10-19(5-2)17-30-22(27)15-16-26-23(28)21(25-24(26)29)14-13-18(3)20-11-8-7-9-12-20/h7-9,11-14,19H,4-6,10,15-17H2,1-3H3,(H,25,29). The smallest absolute Gasteiger partial charge is 0.329 e. The summed E-state index contributed by atoms with van der Waals surface area (Å²) in [6, 6.07) is 9.25. The molecule has 2 rings (SSSR count). The van der Waals surface area contributed by atoms with Gasteiger partial charge in [0.25, 0.3) is 5.91 Å². The lowest BCUT2D eigenvalue weighted by molar-refractivity contribution is -0.145. The number of nitrogens with one attached hydrogen (secondary N) is 1. The molecular formula is C24H32N2O4. The number of rotatable bonds is 11. The van der Waals surface area contributed by atoms with E-state index < -0.39 is 11.9 Å². The molecule has 6 heteroatoms. The summed E-state index contributed by atoms with van der Waals surface area (Å²) in [5, 5.41) is 2.57. The lowest BCUT2D eigenvalue weighted by Crippen LogP contribution is -2.33. The molecule has 0 saturated carbocycles. The van der Waals surface area contributed by atoms with Gasteiger partial charge in [0.2, 0.25) is 0 Å². The topological polar surface area (TPSA) is 75.7 Å². The van der Waals surface area contributed by atoms with Gasteiger partial charge in [-0.05, 0) is 36.5 Å². The highest BCUT2D eigenvalue weighted by Crippen LogP contribution is 2.16. The Morgan fingerprint density at radius 2 is 1.93 bits per heavy atom. The van der Waals surface area contributed by atoms with Crippen LogP contribution in [-0.4, -0.2) is 36.0 Å². The minimum absolute atomic E-state index is 0.00443. The molecule has 6 nitrogen and oxygen atoms in total. The van der Waals surface area contributed by atoms with Gasteiger partial charge in [0.15, 0.2) is 0 Å². The van der Waals surface area contributed by atoms with Crippen molar-refractivity contribution in [2.24, 2.45) is 5.92 Å². The van der Waals surface area contributed by atoms with Gasteiger partial charge in [0.05, 0.1) is 13.0 Å². The fourth-order valence-corrected chi connectivity index (χ4v) is 3.18. The van der Waals surface area contributed by atoms with E-state index in [-0.39, 0.29) is 24.6 Å². The summed E-state index contributed by atoms with van der Waals surface area (Å²) >= 11 is 0. The number of carbonyl (C=O) groups is 3. The molecule has 0 aromatic heterocycles. The summed E-state index contributed by atoms with van der Waals surface area (Å²) in [5.74, 6) is -0.457. The van der Waals surface area contributed by atoms with Crippen molar-refractivity contribution in [1.29, 1.82) is 0 Å². The molecule has 1 atom stereocenters. The molecular weight excluding hydrogens is 380 g/mol. The molecule has 1 unspecified atom stereocenters. The predicted octanol–water partition coefficient (Wildman–Crippen LogP) is 4.68. The van der Waals surface area contributed by atoms with E-state index in [1.807, 2.05) is 37.3 Å². The van der Waals surface area contributed by atoms with Crippen molar-refractivity contribution < 1.29 is 19.1 Å². The number of benzene rings is 1. The summed E-state index contributed by atoms with van der Waals surface area (Å²) in [7, 11) is 0. The van der Waals surface area contributed by atoms with Crippen molar-refractivity contribution in [1.82, 2.24) is 10.2 Å². The molecule has 0 radical (unpaired) electrons. The highest BCUT2D eigenvalue weighted by atomic mass is 16.5. The molecule has 1 aromatic carbocycles. The number of amides is 3. The molecule has 30 heavy (non-hydrogen) atoms. The van der Waals surface area contributed by atoms with Crippen molar-refractivity contribution in [2.45, 2.75) is 52.9 Å². The van der Waals surface area contributed by atoms with Gasteiger partial charge < -0.3 is 10.1 Å². The number of ether oxygens (including phenoxy) is 1. The van der Waals surface area contributed by atoms with E-state index >= 15 is 0 Å². The second-order valence-corrected chi connectivity index (χ2v) is 7.53. The van der Waals surface area contributed by atoms with Crippen LogP contribution in [0.25, 0.3) is 5.57 Å². The number of allylic oxidation sites excluding steroid dienone is 3. The first-order valence-electron chi connectivity index (χ1n) is 10.7. The van der Waals surface area contributed by atoms with E-state index in [4.69, 9.17) is 4.74 Å². The Bertz CT molecular complexity index is 799. The zero-order valence-electron chi connectivity index (χ0n) is 18.1. The SMILES string of the molecule is CCCCC(CC)COC(=O)CCN1C(=O)NC(=CC=C(C)c2ccccc2)C1=O. The minimum atomic E-state index is -0.515.